The van der Waals surface area contributed by atoms with Crippen LogP contribution in [0.4, 0.5) is 0 Å². The predicted octanol–water partition coefficient (Wildman–Crippen LogP) is -1.58. The second kappa shape index (κ2) is 3.40. The van der Waals surface area contributed by atoms with Crippen molar-refractivity contribution in [2.45, 2.75) is 13.3 Å². The minimum atomic E-state index is 0. The molecule has 0 aromatic carbocycles. The maximum absolute atomic E-state index is 2.35. The molecule has 0 saturated carbocycles. The molecule has 60 valence electrons. The summed E-state index contributed by atoms with van der Waals surface area (Å²) in [4.78, 5) is 0. The van der Waals surface area contributed by atoms with E-state index in [1.165, 1.54) is 19.5 Å². The van der Waals surface area contributed by atoms with Crippen LogP contribution in [0.1, 0.15) is 13.3 Å². The molecule has 0 saturated heterocycles. The zero-order chi connectivity index (χ0) is 6.91. The molecule has 0 spiro atoms. The summed E-state index contributed by atoms with van der Waals surface area (Å²) >= 11 is 0. The normalized spacial score (nSPS) is 22.9. The summed E-state index contributed by atoms with van der Waals surface area (Å²) in [5, 5.41) is 0. The maximum atomic E-state index is 2.35. The lowest BCUT2D eigenvalue weighted by atomic mass is 10.1. The third-order valence-corrected chi connectivity index (χ3v) is 2.05. The van der Waals surface area contributed by atoms with Gasteiger partial charge in [0.15, 0.2) is 0 Å². The van der Waals surface area contributed by atoms with E-state index in [2.05, 4.69) is 27.1 Å². The van der Waals surface area contributed by atoms with Gasteiger partial charge < -0.3 is 16.9 Å². The van der Waals surface area contributed by atoms with Crippen molar-refractivity contribution in [3.63, 3.8) is 0 Å². The molecule has 1 heterocycles. The SMILES string of the molecule is CC1=CC[N+](C)(C)CC1.[Cl-]. The summed E-state index contributed by atoms with van der Waals surface area (Å²) in [6.45, 7) is 4.74. The highest BCUT2D eigenvalue weighted by Gasteiger charge is 2.16. The fourth-order valence-corrected chi connectivity index (χ4v) is 1.08. The summed E-state index contributed by atoms with van der Waals surface area (Å²) in [5.74, 6) is 0. The third kappa shape index (κ3) is 2.72. The van der Waals surface area contributed by atoms with Crippen molar-refractivity contribution in [3.8, 4) is 0 Å². The average molecular weight is 162 g/mol. The van der Waals surface area contributed by atoms with Crippen LogP contribution in [0.15, 0.2) is 11.6 Å². The smallest absolute Gasteiger partial charge is 0.0972 e. The summed E-state index contributed by atoms with van der Waals surface area (Å²) in [7, 11) is 4.56. The Morgan fingerprint density at radius 2 is 2.00 bits per heavy atom. The summed E-state index contributed by atoms with van der Waals surface area (Å²) < 4.78 is 1.16. The molecule has 0 radical (unpaired) electrons. The number of halogens is 1. The van der Waals surface area contributed by atoms with Crippen LogP contribution in [-0.4, -0.2) is 31.7 Å². The molecule has 2 heteroatoms. The van der Waals surface area contributed by atoms with Crippen molar-refractivity contribution in [1.29, 1.82) is 0 Å². The monoisotopic (exact) mass is 161 g/mol. The summed E-state index contributed by atoms with van der Waals surface area (Å²) in [6.07, 6.45) is 3.64. The molecular formula is C8H16ClN. The lowest BCUT2D eigenvalue weighted by Crippen LogP contribution is -3.00. The van der Waals surface area contributed by atoms with Gasteiger partial charge in [-0.2, -0.15) is 0 Å². The molecule has 1 rings (SSSR count). The molecule has 1 aliphatic heterocycles. The van der Waals surface area contributed by atoms with Crippen molar-refractivity contribution in [3.05, 3.63) is 11.6 Å². The molecule has 0 N–H and O–H groups in total. The van der Waals surface area contributed by atoms with Gasteiger partial charge in [-0.3, -0.25) is 0 Å². The predicted molar refractivity (Wildman–Crippen MR) is 40.2 cm³/mol. The van der Waals surface area contributed by atoms with E-state index in [-0.39, 0.29) is 12.4 Å². The van der Waals surface area contributed by atoms with Crippen molar-refractivity contribution < 1.29 is 16.9 Å². The summed E-state index contributed by atoms with van der Waals surface area (Å²) in [6, 6.07) is 0. The Hall–Kier alpha value is -0.0100. The van der Waals surface area contributed by atoms with Gasteiger partial charge in [0.2, 0.25) is 0 Å². The standard InChI is InChI=1S/C8H16N.ClH/c1-8-4-6-9(2,3)7-5-8;/h4H,5-7H2,1-3H3;1H/q+1;/p-1. The number of rotatable bonds is 0. The number of hydrogen-bond donors (Lipinski definition) is 0. The van der Waals surface area contributed by atoms with Gasteiger partial charge in [0.25, 0.3) is 0 Å². The van der Waals surface area contributed by atoms with E-state index < -0.39 is 0 Å². The van der Waals surface area contributed by atoms with Crippen LogP contribution in [-0.2, 0) is 0 Å². The first-order chi connectivity index (χ1) is 4.10. The van der Waals surface area contributed by atoms with Crippen LogP contribution in [0.3, 0.4) is 0 Å². The minimum Gasteiger partial charge on any atom is -1.00 e. The van der Waals surface area contributed by atoms with Crippen molar-refractivity contribution in [2.24, 2.45) is 0 Å². The fourth-order valence-electron chi connectivity index (χ4n) is 1.08. The van der Waals surface area contributed by atoms with Gasteiger partial charge in [0, 0.05) is 6.42 Å². The van der Waals surface area contributed by atoms with Crippen LogP contribution in [0.25, 0.3) is 0 Å². The topological polar surface area (TPSA) is 0 Å². The minimum absolute atomic E-state index is 0. The van der Waals surface area contributed by atoms with Gasteiger partial charge in [0.1, 0.15) is 0 Å². The number of likely N-dealkylation sites (N-methyl/N-ethyl adjacent to an activating group) is 1. The number of quaternary nitrogens is 1. The van der Waals surface area contributed by atoms with Crippen LogP contribution >= 0.6 is 0 Å². The second-order valence-electron chi connectivity index (χ2n) is 3.64. The molecule has 0 aromatic heterocycles. The first-order valence-electron chi connectivity index (χ1n) is 3.58. The number of nitrogens with zero attached hydrogens (tertiary/aromatic N) is 1. The van der Waals surface area contributed by atoms with Gasteiger partial charge in [-0.25, -0.2) is 0 Å². The Kier molecular flexibility index (Phi) is 3.40. The van der Waals surface area contributed by atoms with Gasteiger partial charge in [-0.05, 0) is 13.0 Å². The van der Waals surface area contributed by atoms with Gasteiger partial charge in [-0.15, -0.1) is 0 Å². The van der Waals surface area contributed by atoms with E-state index in [9.17, 15) is 0 Å². The van der Waals surface area contributed by atoms with Crippen molar-refractivity contribution in [2.75, 3.05) is 27.2 Å². The van der Waals surface area contributed by atoms with Crippen LogP contribution < -0.4 is 12.4 Å². The zero-order valence-corrected chi connectivity index (χ0v) is 7.78. The lowest BCUT2D eigenvalue weighted by molar-refractivity contribution is -0.885. The first-order valence-corrected chi connectivity index (χ1v) is 3.58. The van der Waals surface area contributed by atoms with E-state index in [0.29, 0.717) is 0 Å². The number of hydrogen-bond acceptors (Lipinski definition) is 0. The highest BCUT2D eigenvalue weighted by Crippen LogP contribution is 2.12. The average Bonchev–Trinajstić information content (AvgIpc) is 1.78. The van der Waals surface area contributed by atoms with Crippen LogP contribution in [0, 0.1) is 0 Å². The zero-order valence-electron chi connectivity index (χ0n) is 7.02. The Bertz CT molecular complexity index is 138. The molecule has 10 heavy (non-hydrogen) atoms. The Morgan fingerprint density at radius 3 is 2.30 bits per heavy atom. The molecule has 0 unspecified atom stereocenters. The molecule has 0 aromatic rings. The van der Waals surface area contributed by atoms with Crippen molar-refractivity contribution in [1.82, 2.24) is 0 Å². The van der Waals surface area contributed by atoms with Crippen LogP contribution in [0.2, 0.25) is 0 Å². The Balaban J connectivity index is 0.000000810. The molecule has 1 nitrogen and oxygen atoms in total. The lowest BCUT2D eigenvalue weighted by Gasteiger charge is -2.31. The molecular weight excluding hydrogens is 146 g/mol. The van der Waals surface area contributed by atoms with Gasteiger partial charge in [-0.1, -0.05) is 5.57 Å². The van der Waals surface area contributed by atoms with E-state index >= 15 is 0 Å². The fraction of sp³-hybridized carbons (Fsp3) is 0.750. The molecule has 0 bridgehead atoms. The molecule has 0 fully saturated rings. The molecule has 0 amide bonds. The first kappa shape index (κ1) is 9.99. The highest BCUT2D eigenvalue weighted by molar-refractivity contribution is 5.00. The van der Waals surface area contributed by atoms with E-state index in [1.54, 1.807) is 5.57 Å². The molecule has 0 aliphatic carbocycles. The van der Waals surface area contributed by atoms with Gasteiger partial charge >= 0.3 is 0 Å². The molecule has 0 atom stereocenters. The van der Waals surface area contributed by atoms with Gasteiger partial charge in [0.05, 0.1) is 27.2 Å². The second-order valence-corrected chi connectivity index (χ2v) is 3.64. The Labute approximate surface area is 69.7 Å². The highest BCUT2D eigenvalue weighted by atomic mass is 35.5. The summed E-state index contributed by atoms with van der Waals surface area (Å²) in [5.41, 5.74) is 1.56. The maximum Gasteiger partial charge on any atom is 0.0972 e. The van der Waals surface area contributed by atoms with E-state index in [4.69, 9.17) is 0 Å². The van der Waals surface area contributed by atoms with Crippen LogP contribution in [0.5, 0.6) is 0 Å². The van der Waals surface area contributed by atoms with E-state index in [0.717, 1.165) is 4.48 Å². The quantitative estimate of drug-likeness (QED) is 0.297. The third-order valence-electron chi connectivity index (χ3n) is 2.05. The van der Waals surface area contributed by atoms with Crippen molar-refractivity contribution >= 4 is 0 Å². The largest absolute Gasteiger partial charge is 1.00 e. The molecule has 1 aliphatic rings. The Morgan fingerprint density at radius 1 is 1.40 bits per heavy atom. The van der Waals surface area contributed by atoms with E-state index in [1.807, 2.05) is 0 Å².